The molecule has 4 rings (SSSR count). The maximum atomic E-state index is 13.2. The van der Waals surface area contributed by atoms with E-state index in [0.717, 1.165) is 17.7 Å². The number of alkyl halides is 3. The van der Waals surface area contributed by atoms with E-state index in [9.17, 15) is 18.0 Å². The number of rotatable bonds is 7. The lowest BCUT2D eigenvalue weighted by Crippen LogP contribution is -2.45. The fraction of sp³-hybridized carbons (Fsp3) is 0.154. The molecule has 2 N–H and O–H groups in total. The lowest BCUT2D eigenvalue weighted by atomic mass is 9.89. The van der Waals surface area contributed by atoms with Crippen LogP contribution < -0.4 is 10.1 Å². The summed E-state index contributed by atoms with van der Waals surface area (Å²) in [7, 11) is 0. The van der Waals surface area contributed by atoms with Crippen LogP contribution in [0, 0.1) is 11.3 Å². The van der Waals surface area contributed by atoms with E-state index in [1.54, 1.807) is 18.3 Å². The van der Waals surface area contributed by atoms with Gasteiger partial charge in [-0.3, -0.25) is 9.78 Å². The summed E-state index contributed by atoms with van der Waals surface area (Å²) in [6.07, 6.45) is 1.64. The first-order valence-corrected chi connectivity index (χ1v) is 10.8. The summed E-state index contributed by atoms with van der Waals surface area (Å²) in [5, 5.41) is 12.0. The first kappa shape index (κ1) is 24.5. The number of carbonyl (C=O) groups is 1. The Morgan fingerprint density at radius 1 is 1.06 bits per heavy atom. The number of imidazole rings is 1. The highest BCUT2D eigenvalue weighted by Gasteiger charge is 2.32. The topological polar surface area (TPSA) is 104 Å². The second-order valence-corrected chi connectivity index (χ2v) is 8.27. The van der Waals surface area contributed by atoms with Gasteiger partial charge in [0.05, 0.1) is 52.7 Å². The van der Waals surface area contributed by atoms with Crippen molar-refractivity contribution >= 4 is 5.91 Å². The lowest BCUT2D eigenvalue weighted by molar-refractivity contribution is -0.137. The van der Waals surface area contributed by atoms with Crippen LogP contribution in [-0.4, -0.2) is 20.9 Å². The zero-order valence-electron chi connectivity index (χ0n) is 19.0. The first-order valence-electron chi connectivity index (χ1n) is 10.8. The number of nitrogens with zero attached hydrogens (tertiary/aromatic N) is 3. The van der Waals surface area contributed by atoms with E-state index in [-0.39, 0.29) is 17.1 Å². The van der Waals surface area contributed by atoms with Gasteiger partial charge in [0, 0.05) is 12.6 Å². The number of hydrogen-bond acceptors (Lipinski definition) is 5. The van der Waals surface area contributed by atoms with Crippen molar-refractivity contribution in [3.8, 4) is 17.6 Å². The summed E-state index contributed by atoms with van der Waals surface area (Å²) in [6, 6.07) is 14.9. The predicted molar refractivity (Wildman–Crippen MR) is 124 cm³/mol. The molecule has 1 atom stereocenters. The summed E-state index contributed by atoms with van der Waals surface area (Å²) in [5.74, 6) is -0.396. The van der Waals surface area contributed by atoms with Crippen LogP contribution in [0.3, 0.4) is 0 Å². The number of hydrogen-bond donors (Lipinski definition) is 2. The number of carbonyl (C=O) groups excluding carboxylic acids is 1. The van der Waals surface area contributed by atoms with Crippen molar-refractivity contribution in [3.63, 3.8) is 0 Å². The Morgan fingerprint density at radius 2 is 1.83 bits per heavy atom. The van der Waals surface area contributed by atoms with Gasteiger partial charge in [-0.2, -0.15) is 18.4 Å². The van der Waals surface area contributed by atoms with Gasteiger partial charge >= 0.3 is 6.18 Å². The van der Waals surface area contributed by atoms with Crippen molar-refractivity contribution in [1.82, 2.24) is 20.3 Å². The van der Waals surface area contributed by atoms with Crippen LogP contribution in [0.4, 0.5) is 13.2 Å². The SMILES string of the molecule is CC(Cc1ccc(C#N)cc1)(NC(=O)c1cncc(Oc2cccc(C(F)(F)F)c2)c1)c1cnc[nH]1. The van der Waals surface area contributed by atoms with E-state index < -0.39 is 23.2 Å². The number of aromatic amines is 1. The Bertz CT molecular complexity index is 1400. The third kappa shape index (κ3) is 5.70. The normalized spacial score (nSPS) is 12.9. The molecule has 1 unspecified atom stereocenters. The Morgan fingerprint density at radius 3 is 2.50 bits per heavy atom. The van der Waals surface area contributed by atoms with Gasteiger partial charge in [0.2, 0.25) is 0 Å². The van der Waals surface area contributed by atoms with E-state index in [1.165, 1.54) is 36.9 Å². The van der Waals surface area contributed by atoms with Gasteiger partial charge in [0.1, 0.15) is 11.5 Å². The molecule has 0 saturated carbocycles. The number of halogens is 3. The van der Waals surface area contributed by atoms with E-state index in [0.29, 0.717) is 17.7 Å². The first-order chi connectivity index (χ1) is 17.2. The predicted octanol–water partition coefficient (Wildman–Crippen LogP) is 5.38. The molecule has 0 aliphatic carbocycles. The van der Waals surface area contributed by atoms with Crippen molar-refractivity contribution in [1.29, 1.82) is 5.26 Å². The molecule has 0 bridgehead atoms. The molecule has 0 saturated heterocycles. The van der Waals surface area contributed by atoms with Crippen LogP contribution in [0.15, 0.2) is 79.5 Å². The smallest absolute Gasteiger partial charge is 0.416 e. The van der Waals surface area contributed by atoms with Gasteiger partial charge in [0.25, 0.3) is 5.91 Å². The molecule has 0 fully saturated rings. The average molecular weight is 491 g/mol. The van der Waals surface area contributed by atoms with Gasteiger partial charge in [-0.1, -0.05) is 18.2 Å². The van der Waals surface area contributed by atoms with Crippen molar-refractivity contribution < 1.29 is 22.7 Å². The van der Waals surface area contributed by atoms with E-state index in [2.05, 4.69) is 26.3 Å². The molecule has 0 spiro atoms. The zero-order valence-corrected chi connectivity index (χ0v) is 19.0. The highest BCUT2D eigenvalue weighted by Crippen LogP contribution is 2.33. The Balaban J connectivity index is 1.55. The van der Waals surface area contributed by atoms with Crippen molar-refractivity contribution in [3.05, 3.63) is 107 Å². The highest BCUT2D eigenvalue weighted by atomic mass is 19.4. The van der Waals surface area contributed by atoms with Gasteiger partial charge in [-0.05, 0) is 48.9 Å². The molecule has 0 aliphatic rings. The second kappa shape index (κ2) is 9.92. The minimum absolute atomic E-state index is 0.0349. The van der Waals surface area contributed by atoms with E-state index in [1.807, 2.05) is 19.1 Å². The molecule has 4 aromatic rings. The van der Waals surface area contributed by atoms with Crippen molar-refractivity contribution in [2.75, 3.05) is 0 Å². The number of amides is 1. The number of nitriles is 1. The number of nitrogens with one attached hydrogen (secondary N) is 2. The van der Waals surface area contributed by atoms with Crippen molar-refractivity contribution in [2.45, 2.75) is 25.1 Å². The standard InChI is InChI=1S/C26H20F3N5O2/c1-25(23-15-32-16-33-23,11-17-5-7-18(12-30)8-6-17)34-24(35)19-9-22(14-31-13-19)36-21-4-2-3-20(10-21)26(27,28)29/h2-10,13-16H,11H2,1H3,(H,32,33)(H,34,35). The van der Waals surface area contributed by atoms with Crippen LogP contribution in [0.2, 0.25) is 0 Å². The van der Waals surface area contributed by atoms with Gasteiger partial charge in [-0.15, -0.1) is 0 Å². The van der Waals surface area contributed by atoms with Gasteiger partial charge in [-0.25, -0.2) is 4.98 Å². The molecule has 2 heterocycles. The van der Waals surface area contributed by atoms with Crippen molar-refractivity contribution in [2.24, 2.45) is 0 Å². The van der Waals surface area contributed by atoms with Gasteiger partial charge in [0.15, 0.2) is 0 Å². The third-order valence-corrected chi connectivity index (χ3v) is 5.50. The maximum absolute atomic E-state index is 13.2. The zero-order chi connectivity index (χ0) is 25.8. The Labute approximate surface area is 204 Å². The minimum Gasteiger partial charge on any atom is -0.456 e. The van der Waals surface area contributed by atoms with Crippen LogP contribution in [0.1, 0.15) is 39.7 Å². The highest BCUT2D eigenvalue weighted by molar-refractivity contribution is 5.94. The quantitative estimate of drug-likeness (QED) is 0.362. The number of benzene rings is 2. The molecule has 36 heavy (non-hydrogen) atoms. The summed E-state index contributed by atoms with van der Waals surface area (Å²) in [6.45, 7) is 1.83. The Kier molecular flexibility index (Phi) is 6.74. The number of ether oxygens (including phenoxy) is 1. The Hall–Kier alpha value is -4.65. The van der Waals surface area contributed by atoms with E-state index in [4.69, 9.17) is 10.00 Å². The maximum Gasteiger partial charge on any atom is 0.416 e. The summed E-state index contributed by atoms with van der Waals surface area (Å²) >= 11 is 0. The second-order valence-electron chi connectivity index (χ2n) is 8.27. The molecule has 7 nitrogen and oxygen atoms in total. The number of H-pyrrole nitrogens is 1. The molecule has 2 aromatic heterocycles. The fourth-order valence-electron chi connectivity index (χ4n) is 3.66. The largest absolute Gasteiger partial charge is 0.456 e. The molecule has 2 aromatic carbocycles. The van der Waals surface area contributed by atoms with Crippen LogP contribution in [0.5, 0.6) is 11.5 Å². The molecule has 10 heteroatoms. The molecule has 0 radical (unpaired) electrons. The molecule has 182 valence electrons. The summed E-state index contributed by atoms with van der Waals surface area (Å²) in [5.41, 5.74) is 0.468. The lowest BCUT2D eigenvalue weighted by Gasteiger charge is -2.30. The summed E-state index contributed by atoms with van der Waals surface area (Å²) < 4.78 is 44.5. The van der Waals surface area contributed by atoms with Gasteiger partial charge < -0.3 is 15.0 Å². The fourth-order valence-corrected chi connectivity index (χ4v) is 3.66. The van der Waals surface area contributed by atoms with E-state index >= 15 is 0 Å². The minimum atomic E-state index is -4.51. The third-order valence-electron chi connectivity index (χ3n) is 5.50. The number of aromatic nitrogens is 3. The number of pyridine rings is 1. The molecular weight excluding hydrogens is 471 g/mol. The van der Waals surface area contributed by atoms with Crippen LogP contribution >= 0.6 is 0 Å². The summed E-state index contributed by atoms with van der Waals surface area (Å²) in [4.78, 5) is 24.3. The average Bonchev–Trinajstić information content (AvgIpc) is 3.40. The van der Waals surface area contributed by atoms with Crippen LogP contribution in [-0.2, 0) is 18.1 Å². The monoisotopic (exact) mass is 491 g/mol. The molecular formula is C26H20F3N5O2. The van der Waals surface area contributed by atoms with Crippen LogP contribution in [0.25, 0.3) is 0 Å². The molecule has 0 aliphatic heterocycles. The molecule has 1 amide bonds.